The number of aldehydes is 1. The van der Waals surface area contributed by atoms with E-state index in [4.69, 9.17) is 12.2 Å². The van der Waals surface area contributed by atoms with Gasteiger partial charge in [0.25, 0.3) is 0 Å². The standard InChI is InChI=1S/C10H9NO/c1-3-9-4-8(6-12)5-10(11)7(9)2/h1,4-6H,11H2,2H3. The van der Waals surface area contributed by atoms with E-state index in [1.165, 1.54) is 0 Å². The highest BCUT2D eigenvalue weighted by atomic mass is 16.1. The first-order valence-electron chi connectivity index (χ1n) is 3.51. The molecule has 2 nitrogen and oxygen atoms in total. The van der Waals surface area contributed by atoms with Gasteiger partial charge < -0.3 is 5.73 Å². The Kier molecular flexibility index (Phi) is 2.16. The van der Waals surface area contributed by atoms with E-state index in [-0.39, 0.29) is 0 Å². The molecule has 0 heterocycles. The SMILES string of the molecule is C#Cc1cc(C=O)cc(N)c1C. The minimum Gasteiger partial charge on any atom is -0.398 e. The lowest BCUT2D eigenvalue weighted by Gasteiger charge is -2.03. The first-order valence-corrected chi connectivity index (χ1v) is 3.51. The minimum atomic E-state index is 0.519. The van der Waals surface area contributed by atoms with Crippen LogP contribution in [0, 0.1) is 19.3 Å². The maximum Gasteiger partial charge on any atom is 0.150 e. The summed E-state index contributed by atoms with van der Waals surface area (Å²) >= 11 is 0. The summed E-state index contributed by atoms with van der Waals surface area (Å²) in [5.74, 6) is 2.47. The van der Waals surface area contributed by atoms with Crippen LogP contribution in [0.25, 0.3) is 0 Å². The quantitative estimate of drug-likeness (QED) is 0.382. The van der Waals surface area contributed by atoms with Crippen LogP contribution in [-0.2, 0) is 0 Å². The molecule has 12 heavy (non-hydrogen) atoms. The molecular weight excluding hydrogens is 150 g/mol. The average molecular weight is 159 g/mol. The molecule has 0 aliphatic heterocycles. The van der Waals surface area contributed by atoms with Gasteiger partial charge in [-0.2, -0.15) is 0 Å². The highest BCUT2D eigenvalue weighted by Crippen LogP contribution is 2.16. The zero-order chi connectivity index (χ0) is 9.14. The van der Waals surface area contributed by atoms with Crippen molar-refractivity contribution in [2.45, 2.75) is 6.92 Å². The second kappa shape index (κ2) is 3.10. The Bertz CT molecular complexity index is 361. The van der Waals surface area contributed by atoms with E-state index in [1.807, 2.05) is 6.92 Å². The number of hydrogen-bond acceptors (Lipinski definition) is 2. The van der Waals surface area contributed by atoms with Gasteiger partial charge in [-0.3, -0.25) is 4.79 Å². The molecule has 0 aliphatic carbocycles. The number of nitrogens with two attached hydrogens (primary N) is 1. The van der Waals surface area contributed by atoms with Crippen LogP contribution in [-0.4, -0.2) is 6.29 Å². The van der Waals surface area contributed by atoms with Crippen molar-refractivity contribution in [3.63, 3.8) is 0 Å². The summed E-state index contributed by atoms with van der Waals surface area (Å²) in [7, 11) is 0. The molecule has 2 N–H and O–H groups in total. The summed E-state index contributed by atoms with van der Waals surface area (Å²) in [5, 5.41) is 0. The van der Waals surface area contributed by atoms with Crippen LogP contribution >= 0.6 is 0 Å². The van der Waals surface area contributed by atoms with Gasteiger partial charge in [0.15, 0.2) is 0 Å². The molecule has 60 valence electrons. The van der Waals surface area contributed by atoms with E-state index >= 15 is 0 Å². The Morgan fingerprint density at radius 1 is 1.58 bits per heavy atom. The highest BCUT2D eigenvalue weighted by Gasteiger charge is 2.01. The van der Waals surface area contributed by atoms with E-state index in [2.05, 4.69) is 5.92 Å². The number of carbonyl (C=O) groups excluding carboxylic acids is 1. The van der Waals surface area contributed by atoms with Gasteiger partial charge in [0.2, 0.25) is 0 Å². The number of carbonyl (C=O) groups is 1. The Morgan fingerprint density at radius 2 is 2.25 bits per heavy atom. The largest absolute Gasteiger partial charge is 0.398 e. The van der Waals surface area contributed by atoms with Gasteiger partial charge in [0.1, 0.15) is 6.29 Å². The van der Waals surface area contributed by atoms with Crippen LogP contribution in [0.3, 0.4) is 0 Å². The van der Waals surface area contributed by atoms with Gasteiger partial charge in [-0.1, -0.05) is 5.92 Å². The number of terminal acetylenes is 1. The summed E-state index contributed by atoms with van der Waals surface area (Å²) in [4.78, 5) is 10.4. The second-order valence-electron chi connectivity index (χ2n) is 2.54. The fourth-order valence-electron chi connectivity index (χ4n) is 0.978. The first kappa shape index (κ1) is 8.35. The summed E-state index contributed by atoms with van der Waals surface area (Å²) < 4.78 is 0. The molecular formula is C10H9NO. The van der Waals surface area contributed by atoms with Crippen molar-refractivity contribution >= 4 is 12.0 Å². The van der Waals surface area contributed by atoms with Gasteiger partial charge in [-0.25, -0.2) is 0 Å². The van der Waals surface area contributed by atoms with Gasteiger partial charge in [0, 0.05) is 16.8 Å². The number of nitrogen functional groups attached to an aromatic ring is 1. The molecule has 0 radical (unpaired) electrons. The van der Waals surface area contributed by atoms with Crippen molar-refractivity contribution in [2.75, 3.05) is 5.73 Å². The van der Waals surface area contributed by atoms with Crippen molar-refractivity contribution < 1.29 is 4.79 Å². The van der Waals surface area contributed by atoms with Gasteiger partial charge in [-0.15, -0.1) is 6.42 Å². The molecule has 0 aromatic heterocycles. The van der Waals surface area contributed by atoms with E-state index in [1.54, 1.807) is 12.1 Å². The fourth-order valence-corrected chi connectivity index (χ4v) is 0.978. The van der Waals surface area contributed by atoms with Crippen LogP contribution < -0.4 is 5.73 Å². The molecule has 0 spiro atoms. The Balaban J connectivity index is 3.41. The fraction of sp³-hybridized carbons (Fsp3) is 0.100. The summed E-state index contributed by atoms with van der Waals surface area (Å²) in [6, 6.07) is 3.27. The Labute approximate surface area is 71.4 Å². The Hall–Kier alpha value is -1.75. The molecule has 1 rings (SSSR count). The molecule has 0 unspecified atom stereocenters. The van der Waals surface area contributed by atoms with E-state index < -0.39 is 0 Å². The molecule has 1 aromatic carbocycles. The maximum atomic E-state index is 10.4. The smallest absolute Gasteiger partial charge is 0.150 e. The van der Waals surface area contributed by atoms with Crippen molar-refractivity contribution in [2.24, 2.45) is 0 Å². The average Bonchev–Trinajstić information content (AvgIpc) is 2.09. The lowest BCUT2D eigenvalue weighted by molar-refractivity contribution is 0.112. The third-order valence-electron chi connectivity index (χ3n) is 1.76. The molecule has 2 heteroatoms. The van der Waals surface area contributed by atoms with Gasteiger partial charge in [0.05, 0.1) is 0 Å². The molecule has 0 atom stereocenters. The number of rotatable bonds is 1. The van der Waals surface area contributed by atoms with E-state index in [0.29, 0.717) is 16.8 Å². The predicted octanol–water partition coefficient (Wildman–Crippen LogP) is 1.37. The molecule has 0 fully saturated rings. The summed E-state index contributed by atoms with van der Waals surface area (Å²) in [6.07, 6.45) is 5.95. The molecule has 0 amide bonds. The Morgan fingerprint density at radius 3 is 2.75 bits per heavy atom. The molecule has 0 saturated heterocycles. The summed E-state index contributed by atoms with van der Waals surface area (Å²) in [5.41, 5.74) is 8.23. The zero-order valence-electron chi connectivity index (χ0n) is 6.79. The van der Waals surface area contributed by atoms with Gasteiger partial charge in [-0.05, 0) is 24.6 Å². The zero-order valence-corrected chi connectivity index (χ0v) is 6.79. The van der Waals surface area contributed by atoms with E-state index in [0.717, 1.165) is 11.8 Å². The predicted molar refractivity (Wildman–Crippen MR) is 48.9 cm³/mol. The minimum absolute atomic E-state index is 0.519. The van der Waals surface area contributed by atoms with Crippen molar-refractivity contribution in [3.05, 3.63) is 28.8 Å². The number of benzene rings is 1. The number of anilines is 1. The van der Waals surface area contributed by atoms with Gasteiger partial charge >= 0.3 is 0 Å². The third kappa shape index (κ3) is 1.30. The molecule has 1 aromatic rings. The number of hydrogen-bond donors (Lipinski definition) is 1. The van der Waals surface area contributed by atoms with Crippen molar-refractivity contribution in [1.82, 2.24) is 0 Å². The normalized spacial score (nSPS) is 9.00. The first-order chi connectivity index (χ1) is 5.69. The lowest BCUT2D eigenvalue weighted by atomic mass is 10.0. The highest BCUT2D eigenvalue weighted by molar-refractivity contribution is 5.79. The topological polar surface area (TPSA) is 43.1 Å². The van der Waals surface area contributed by atoms with Crippen LogP contribution in [0.15, 0.2) is 12.1 Å². The monoisotopic (exact) mass is 159 g/mol. The third-order valence-corrected chi connectivity index (χ3v) is 1.76. The summed E-state index contributed by atoms with van der Waals surface area (Å²) in [6.45, 7) is 1.83. The lowest BCUT2D eigenvalue weighted by Crippen LogP contribution is -1.95. The van der Waals surface area contributed by atoms with Crippen LogP contribution in [0.4, 0.5) is 5.69 Å². The molecule has 0 bridgehead atoms. The maximum absolute atomic E-state index is 10.4. The molecule has 0 saturated carbocycles. The van der Waals surface area contributed by atoms with Crippen molar-refractivity contribution in [1.29, 1.82) is 0 Å². The molecule has 0 aliphatic rings. The van der Waals surface area contributed by atoms with Crippen LogP contribution in [0.2, 0.25) is 0 Å². The second-order valence-corrected chi connectivity index (χ2v) is 2.54. The van der Waals surface area contributed by atoms with E-state index in [9.17, 15) is 4.79 Å². The van der Waals surface area contributed by atoms with Crippen LogP contribution in [0.1, 0.15) is 21.5 Å². The van der Waals surface area contributed by atoms with Crippen molar-refractivity contribution in [3.8, 4) is 12.3 Å². The van der Waals surface area contributed by atoms with Crippen LogP contribution in [0.5, 0.6) is 0 Å².